The van der Waals surface area contributed by atoms with Crippen LogP contribution in [0.5, 0.6) is 0 Å². The SMILES string of the molecule is N#Cc1cccnc1N1CCCC1C1CCOCC1. The van der Waals surface area contributed by atoms with Crippen molar-refractivity contribution in [3.8, 4) is 6.07 Å². The summed E-state index contributed by atoms with van der Waals surface area (Å²) in [5.74, 6) is 1.56. The summed E-state index contributed by atoms with van der Waals surface area (Å²) in [5, 5.41) is 9.24. The molecule has 2 fully saturated rings. The third-order valence-electron chi connectivity index (χ3n) is 4.29. The fourth-order valence-electron chi connectivity index (χ4n) is 3.36. The van der Waals surface area contributed by atoms with Gasteiger partial charge >= 0.3 is 0 Å². The van der Waals surface area contributed by atoms with Crippen LogP contribution in [0.4, 0.5) is 5.82 Å². The molecule has 4 heteroatoms. The highest BCUT2D eigenvalue weighted by Crippen LogP contribution is 2.34. The number of nitriles is 1. The van der Waals surface area contributed by atoms with Gasteiger partial charge in [-0.05, 0) is 43.7 Å². The Hall–Kier alpha value is -1.60. The second kappa shape index (κ2) is 5.58. The standard InChI is InChI=1S/C15H19N3O/c16-11-13-3-1-7-17-15(13)18-8-2-4-14(18)12-5-9-19-10-6-12/h1,3,7,12,14H,2,4-6,8-10H2. The molecule has 3 rings (SSSR count). The topological polar surface area (TPSA) is 49.2 Å². The molecule has 2 saturated heterocycles. The van der Waals surface area contributed by atoms with Crippen LogP contribution in [0.3, 0.4) is 0 Å². The summed E-state index contributed by atoms with van der Waals surface area (Å²) < 4.78 is 5.46. The lowest BCUT2D eigenvalue weighted by Crippen LogP contribution is -2.39. The van der Waals surface area contributed by atoms with Gasteiger partial charge in [-0.15, -0.1) is 0 Å². The molecule has 0 saturated carbocycles. The predicted molar refractivity (Wildman–Crippen MR) is 72.9 cm³/mol. The molecule has 2 aliphatic heterocycles. The zero-order chi connectivity index (χ0) is 13.1. The Balaban J connectivity index is 1.84. The van der Waals surface area contributed by atoms with Gasteiger partial charge in [0.25, 0.3) is 0 Å². The Morgan fingerprint density at radius 2 is 2.16 bits per heavy atom. The molecule has 100 valence electrons. The number of rotatable bonds is 2. The summed E-state index contributed by atoms with van der Waals surface area (Å²) in [7, 11) is 0. The van der Waals surface area contributed by atoms with Gasteiger partial charge in [-0.3, -0.25) is 0 Å². The van der Waals surface area contributed by atoms with Crippen LogP contribution in [0.2, 0.25) is 0 Å². The van der Waals surface area contributed by atoms with E-state index in [0.29, 0.717) is 17.5 Å². The maximum absolute atomic E-state index is 9.24. The van der Waals surface area contributed by atoms with Crippen molar-refractivity contribution in [3.05, 3.63) is 23.9 Å². The molecule has 0 radical (unpaired) electrons. The Morgan fingerprint density at radius 1 is 1.32 bits per heavy atom. The number of hydrogen-bond acceptors (Lipinski definition) is 4. The molecule has 1 aromatic rings. The molecule has 0 N–H and O–H groups in total. The molecule has 0 spiro atoms. The fourth-order valence-corrected chi connectivity index (χ4v) is 3.36. The highest BCUT2D eigenvalue weighted by Gasteiger charge is 2.34. The maximum Gasteiger partial charge on any atom is 0.146 e. The quantitative estimate of drug-likeness (QED) is 0.816. The van der Waals surface area contributed by atoms with Gasteiger partial charge in [0.05, 0.1) is 5.56 Å². The second-order valence-electron chi connectivity index (χ2n) is 5.34. The third kappa shape index (κ3) is 2.43. The Kier molecular flexibility index (Phi) is 3.65. The first-order valence-corrected chi connectivity index (χ1v) is 7.09. The normalized spacial score (nSPS) is 24.4. The van der Waals surface area contributed by atoms with Crippen molar-refractivity contribution < 1.29 is 4.74 Å². The van der Waals surface area contributed by atoms with Gasteiger partial charge in [-0.1, -0.05) is 0 Å². The van der Waals surface area contributed by atoms with Gasteiger partial charge in [0, 0.05) is 32.0 Å². The van der Waals surface area contributed by atoms with E-state index in [1.54, 1.807) is 6.20 Å². The van der Waals surface area contributed by atoms with Gasteiger partial charge in [0.1, 0.15) is 11.9 Å². The average Bonchev–Trinajstić information content (AvgIpc) is 2.97. The minimum Gasteiger partial charge on any atom is -0.381 e. The van der Waals surface area contributed by atoms with E-state index in [4.69, 9.17) is 4.74 Å². The molecule has 4 nitrogen and oxygen atoms in total. The Bertz CT molecular complexity index is 477. The van der Waals surface area contributed by atoms with E-state index < -0.39 is 0 Å². The molecule has 3 heterocycles. The van der Waals surface area contributed by atoms with Crippen molar-refractivity contribution >= 4 is 5.82 Å². The highest BCUT2D eigenvalue weighted by atomic mass is 16.5. The summed E-state index contributed by atoms with van der Waals surface area (Å²) in [5.41, 5.74) is 0.696. The summed E-state index contributed by atoms with van der Waals surface area (Å²) >= 11 is 0. The summed E-state index contributed by atoms with van der Waals surface area (Å²) in [4.78, 5) is 6.80. The smallest absolute Gasteiger partial charge is 0.146 e. The van der Waals surface area contributed by atoms with Gasteiger partial charge in [0.2, 0.25) is 0 Å². The molecular weight excluding hydrogens is 238 g/mol. The summed E-state index contributed by atoms with van der Waals surface area (Å²) in [6.07, 6.45) is 6.47. The lowest BCUT2D eigenvalue weighted by Gasteiger charge is -2.34. The van der Waals surface area contributed by atoms with Crippen LogP contribution in [0.1, 0.15) is 31.2 Å². The van der Waals surface area contributed by atoms with E-state index >= 15 is 0 Å². The zero-order valence-electron chi connectivity index (χ0n) is 11.1. The molecule has 0 bridgehead atoms. The second-order valence-corrected chi connectivity index (χ2v) is 5.34. The predicted octanol–water partition coefficient (Wildman–Crippen LogP) is 2.35. The van der Waals surface area contributed by atoms with E-state index in [9.17, 15) is 5.26 Å². The number of nitrogens with zero attached hydrogens (tertiary/aromatic N) is 3. The van der Waals surface area contributed by atoms with E-state index in [1.807, 2.05) is 12.1 Å². The van der Waals surface area contributed by atoms with Crippen LogP contribution in [0, 0.1) is 17.2 Å². The van der Waals surface area contributed by atoms with Crippen LogP contribution in [0.25, 0.3) is 0 Å². The molecule has 1 aromatic heterocycles. The number of aromatic nitrogens is 1. The van der Waals surface area contributed by atoms with Crippen molar-refractivity contribution in [2.45, 2.75) is 31.7 Å². The fraction of sp³-hybridized carbons (Fsp3) is 0.600. The molecule has 0 aromatic carbocycles. The van der Waals surface area contributed by atoms with Gasteiger partial charge in [-0.25, -0.2) is 4.98 Å². The summed E-state index contributed by atoms with van der Waals surface area (Å²) in [6, 6.07) is 6.50. The first-order chi connectivity index (χ1) is 9.40. The van der Waals surface area contributed by atoms with Crippen LogP contribution >= 0.6 is 0 Å². The van der Waals surface area contributed by atoms with Gasteiger partial charge < -0.3 is 9.64 Å². The number of pyridine rings is 1. The van der Waals surface area contributed by atoms with Crippen molar-refractivity contribution in [1.82, 2.24) is 4.98 Å². The first kappa shape index (κ1) is 12.4. The summed E-state index contributed by atoms with van der Waals surface area (Å²) in [6.45, 7) is 2.78. The third-order valence-corrected chi connectivity index (χ3v) is 4.29. The van der Waals surface area contributed by atoms with Crippen molar-refractivity contribution in [1.29, 1.82) is 5.26 Å². The first-order valence-electron chi connectivity index (χ1n) is 7.09. The van der Waals surface area contributed by atoms with Crippen molar-refractivity contribution in [3.63, 3.8) is 0 Å². The van der Waals surface area contributed by atoms with E-state index in [-0.39, 0.29) is 0 Å². The molecule has 0 amide bonds. The van der Waals surface area contributed by atoms with Crippen LogP contribution in [-0.4, -0.2) is 30.8 Å². The molecule has 1 atom stereocenters. The van der Waals surface area contributed by atoms with Crippen molar-refractivity contribution in [2.24, 2.45) is 5.92 Å². The van der Waals surface area contributed by atoms with Gasteiger partial charge in [-0.2, -0.15) is 5.26 Å². The number of anilines is 1. The number of ether oxygens (including phenoxy) is 1. The average molecular weight is 257 g/mol. The molecule has 2 aliphatic rings. The lowest BCUT2D eigenvalue weighted by molar-refractivity contribution is 0.0588. The van der Waals surface area contributed by atoms with Crippen LogP contribution in [-0.2, 0) is 4.74 Å². The Morgan fingerprint density at radius 3 is 2.95 bits per heavy atom. The van der Waals surface area contributed by atoms with Crippen molar-refractivity contribution in [2.75, 3.05) is 24.7 Å². The molecule has 1 unspecified atom stereocenters. The van der Waals surface area contributed by atoms with Gasteiger partial charge in [0.15, 0.2) is 0 Å². The van der Waals surface area contributed by atoms with E-state index in [0.717, 1.165) is 38.4 Å². The van der Waals surface area contributed by atoms with E-state index in [2.05, 4.69) is 16.0 Å². The largest absolute Gasteiger partial charge is 0.381 e. The van der Waals surface area contributed by atoms with Crippen LogP contribution < -0.4 is 4.90 Å². The molecule has 19 heavy (non-hydrogen) atoms. The minimum absolute atomic E-state index is 0.533. The minimum atomic E-state index is 0.533. The monoisotopic (exact) mass is 257 g/mol. The van der Waals surface area contributed by atoms with E-state index in [1.165, 1.54) is 12.8 Å². The Labute approximate surface area is 114 Å². The highest BCUT2D eigenvalue weighted by molar-refractivity contribution is 5.54. The van der Waals surface area contributed by atoms with Crippen LogP contribution in [0.15, 0.2) is 18.3 Å². The lowest BCUT2D eigenvalue weighted by atomic mass is 9.90. The zero-order valence-corrected chi connectivity index (χ0v) is 11.1. The maximum atomic E-state index is 9.24. The molecule has 0 aliphatic carbocycles. The molecular formula is C15H19N3O. The number of hydrogen-bond donors (Lipinski definition) is 0.